The molecule has 3 N–H and O–H groups in total. The van der Waals surface area contributed by atoms with Crippen molar-refractivity contribution >= 4 is 40.2 Å². The highest BCUT2D eigenvalue weighted by Gasteiger charge is 2.34. The summed E-state index contributed by atoms with van der Waals surface area (Å²) >= 11 is 3.49. The van der Waals surface area contributed by atoms with Gasteiger partial charge >= 0.3 is 0 Å². The van der Waals surface area contributed by atoms with Gasteiger partial charge in [0.05, 0.1) is 5.54 Å². The summed E-state index contributed by atoms with van der Waals surface area (Å²) in [4.78, 5) is 26.1. The smallest absolute Gasteiger partial charge is 0.240 e. The topological polar surface area (TPSA) is 75.4 Å². The molecule has 5 nitrogen and oxygen atoms in total. The van der Waals surface area contributed by atoms with Crippen LogP contribution >= 0.6 is 28.3 Å². The zero-order chi connectivity index (χ0) is 17.6. The van der Waals surface area contributed by atoms with Crippen LogP contribution in [0, 0.1) is 0 Å². The Morgan fingerprint density at radius 1 is 1.24 bits per heavy atom. The van der Waals surface area contributed by atoms with Gasteiger partial charge in [-0.2, -0.15) is 0 Å². The zero-order valence-electron chi connectivity index (χ0n) is 14.6. The number of carbonyl (C=O) groups is 2. The van der Waals surface area contributed by atoms with Crippen LogP contribution in [0.4, 0.5) is 0 Å². The highest BCUT2D eigenvalue weighted by molar-refractivity contribution is 9.10. The van der Waals surface area contributed by atoms with Crippen LogP contribution in [0.15, 0.2) is 28.7 Å². The van der Waals surface area contributed by atoms with E-state index >= 15 is 0 Å². The van der Waals surface area contributed by atoms with Gasteiger partial charge < -0.3 is 16.0 Å². The normalized spacial score (nSPS) is 15.8. The molecule has 0 unspecified atom stereocenters. The summed E-state index contributed by atoms with van der Waals surface area (Å²) in [6.45, 7) is 0.867. The quantitative estimate of drug-likeness (QED) is 0.725. The van der Waals surface area contributed by atoms with Gasteiger partial charge in [-0.25, -0.2) is 0 Å². The lowest BCUT2D eigenvalue weighted by atomic mass is 9.82. The summed E-state index contributed by atoms with van der Waals surface area (Å²) in [6, 6.07) is 7.83. The van der Waals surface area contributed by atoms with Gasteiger partial charge in [0.25, 0.3) is 0 Å². The van der Waals surface area contributed by atoms with Crippen LogP contribution in [-0.4, -0.2) is 35.8 Å². The first kappa shape index (κ1) is 21.9. The van der Waals surface area contributed by atoms with Gasteiger partial charge in [-0.1, -0.05) is 53.4 Å². The van der Waals surface area contributed by atoms with Gasteiger partial charge in [-0.05, 0) is 24.5 Å². The second-order valence-corrected chi connectivity index (χ2v) is 7.42. The predicted molar refractivity (Wildman–Crippen MR) is 105 cm³/mol. The summed E-state index contributed by atoms with van der Waals surface area (Å²) in [6.07, 6.45) is 4.88. The van der Waals surface area contributed by atoms with Crippen molar-refractivity contribution in [3.05, 3.63) is 34.3 Å². The number of hydrogen-bond acceptors (Lipinski definition) is 3. The van der Waals surface area contributed by atoms with Gasteiger partial charge in [-0.15, -0.1) is 12.4 Å². The average Bonchev–Trinajstić information content (AvgIpc) is 2.57. The molecule has 0 heterocycles. The van der Waals surface area contributed by atoms with Gasteiger partial charge in [0, 0.05) is 31.0 Å². The predicted octanol–water partition coefficient (Wildman–Crippen LogP) is 3.00. The lowest BCUT2D eigenvalue weighted by Gasteiger charge is -2.31. The van der Waals surface area contributed by atoms with Crippen molar-refractivity contribution in [3.63, 3.8) is 0 Å². The van der Waals surface area contributed by atoms with Crippen LogP contribution < -0.4 is 11.1 Å². The van der Waals surface area contributed by atoms with Crippen molar-refractivity contribution in [1.82, 2.24) is 10.2 Å². The Labute approximate surface area is 164 Å². The first-order chi connectivity index (χ1) is 11.4. The summed E-state index contributed by atoms with van der Waals surface area (Å²) in [5.41, 5.74) is 6.49. The van der Waals surface area contributed by atoms with Gasteiger partial charge in [-0.3, -0.25) is 9.59 Å². The maximum atomic E-state index is 12.2. The van der Waals surface area contributed by atoms with Crippen LogP contribution in [0.5, 0.6) is 0 Å². The third kappa shape index (κ3) is 6.28. The van der Waals surface area contributed by atoms with Crippen LogP contribution in [-0.2, 0) is 16.1 Å². The molecule has 7 heteroatoms. The molecule has 1 saturated carbocycles. The van der Waals surface area contributed by atoms with E-state index in [4.69, 9.17) is 5.73 Å². The van der Waals surface area contributed by atoms with Crippen LogP contribution in [0.25, 0.3) is 0 Å². The first-order valence-corrected chi connectivity index (χ1v) is 9.26. The highest BCUT2D eigenvalue weighted by Crippen LogP contribution is 2.25. The Hall–Kier alpha value is -1.11. The minimum Gasteiger partial charge on any atom is -0.354 e. The van der Waals surface area contributed by atoms with E-state index in [9.17, 15) is 9.59 Å². The molecule has 1 aliphatic carbocycles. The Bertz CT molecular complexity index is 591. The number of halogens is 2. The van der Waals surface area contributed by atoms with Gasteiger partial charge in [0.15, 0.2) is 0 Å². The molecule has 0 radical (unpaired) electrons. The molecule has 0 aliphatic heterocycles. The zero-order valence-corrected chi connectivity index (χ0v) is 17.0. The molecule has 1 aliphatic rings. The van der Waals surface area contributed by atoms with Gasteiger partial charge in [0.1, 0.15) is 0 Å². The van der Waals surface area contributed by atoms with E-state index in [-0.39, 0.29) is 30.6 Å². The van der Waals surface area contributed by atoms with Crippen molar-refractivity contribution in [2.75, 3.05) is 13.6 Å². The van der Waals surface area contributed by atoms with Gasteiger partial charge in [0.2, 0.25) is 11.8 Å². The molecule has 0 spiro atoms. The molecule has 2 rings (SSSR count). The molecule has 1 aromatic carbocycles. The molecule has 25 heavy (non-hydrogen) atoms. The number of rotatable bonds is 6. The Kier molecular flexibility index (Phi) is 8.89. The number of nitrogens with two attached hydrogens (primary N) is 1. The molecular formula is C18H27BrClN3O2. The van der Waals surface area contributed by atoms with Crippen molar-refractivity contribution in [3.8, 4) is 0 Å². The minimum absolute atomic E-state index is 0. The fourth-order valence-corrected chi connectivity index (χ4v) is 3.44. The Morgan fingerprint density at radius 2 is 1.88 bits per heavy atom. The average molecular weight is 433 g/mol. The minimum atomic E-state index is -0.748. The largest absolute Gasteiger partial charge is 0.354 e. The molecule has 1 fully saturated rings. The van der Waals surface area contributed by atoms with E-state index in [1.54, 1.807) is 11.9 Å². The van der Waals surface area contributed by atoms with E-state index in [0.29, 0.717) is 13.1 Å². The number of amides is 2. The molecule has 140 valence electrons. The van der Waals surface area contributed by atoms with Crippen molar-refractivity contribution in [2.45, 2.75) is 50.6 Å². The fourth-order valence-electron chi connectivity index (χ4n) is 3.03. The maximum absolute atomic E-state index is 12.2. The molecule has 0 atom stereocenters. The summed E-state index contributed by atoms with van der Waals surface area (Å²) in [5, 5.41) is 2.83. The lowest BCUT2D eigenvalue weighted by molar-refractivity contribution is -0.131. The molecule has 1 aromatic rings. The van der Waals surface area contributed by atoms with Crippen molar-refractivity contribution in [2.24, 2.45) is 5.73 Å². The van der Waals surface area contributed by atoms with Crippen LogP contribution in [0.2, 0.25) is 0 Å². The van der Waals surface area contributed by atoms with Crippen molar-refractivity contribution in [1.29, 1.82) is 0 Å². The molecular weight excluding hydrogens is 406 g/mol. The maximum Gasteiger partial charge on any atom is 0.240 e. The van der Waals surface area contributed by atoms with E-state index in [1.807, 2.05) is 24.3 Å². The van der Waals surface area contributed by atoms with E-state index < -0.39 is 5.54 Å². The molecule has 0 aromatic heterocycles. The van der Waals surface area contributed by atoms with Crippen molar-refractivity contribution < 1.29 is 9.59 Å². The SMILES string of the molecule is CN(Cc1ccccc1Br)C(=O)CCNC(=O)C1(N)CCCCC1.Cl. The molecule has 0 bridgehead atoms. The second-order valence-electron chi connectivity index (χ2n) is 6.56. The first-order valence-electron chi connectivity index (χ1n) is 8.47. The third-order valence-corrected chi connectivity index (χ3v) is 5.39. The monoisotopic (exact) mass is 431 g/mol. The highest BCUT2D eigenvalue weighted by atomic mass is 79.9. The third-order valence-electron chi connectivity index (χ3n) is 4.61. The summed E-state index contributed by atoms with van der Waals surface area (Å²) in [7, 11) is 1.77. The second kappa shape index (κ2) is 10.1. The number of nitrogens with zero attached hydrogens (tertiary/aromatic N) is 1. The number of hydrogen-bond donors (Lipinski definition) is 2. The molecule has 2 amide bonds. The number of benzene rings is 1. The van der Waals surface area contributed by atoms with E-state index in [0.717, 1.165) is 42.1 Å². The Morgan fingerprint density at radius 3 is 2.52 bits per heavy atom. The summed E-state index contributed by atoms with van der Waals surface area (Å²) in [5.74, 6) is -0.121. The Balaban J connectivity index is 0.00000312. The van der Waals surface area contributed by atoms with E-state index in [2.05, 4.69) is 21.2 Å². The number of nitrogens with one attached hydrogen (secondary N) is 1. The standard InChI is InChI=1S/C18H26BrN3O2.ClH/c1-22(13-14-7-3-4-8-15(14)19)16(23)9-12-21-17(24)18(20)10-5-2-6-11-18;/h3-4,7-8H,2,5-6,9-13,20H2,1H3,(H,21,24);1H. The van der Waals surface area contributed by atoms with E-state index in [1.165, 1.54) is 0 Å². The summed E-state index contributed by atoms with van der Waals surface area (Å²) < 4.78 is 0.986. The van der Waals surface area contributed by atoms with Crippen LogP contribution in [0.1, 0.15) is 44.1 Å². The number of carbonyl (C=O) groups excluding carboxylic acids is 2. The lowest BCUT2D eigenvalue weighted by Crippen LogP contribution is -2.55. The van der Waals surface area contributed by atoms with Crippen LogP contribution in [0.3, 0.4) is 0 Å². The molecule has 0 saturated heterocycles. The fraction of sp³-hybridized carbons (Fsp3) is 0.556.